The van der Waals surface area contributed by atoms with Crippen molar-refractivity contribution >= 4 is 11.5 Å². The van der Waals surface area contributed by atoms with Crippen LogP contribution >= 0.6 is 0 Å². The lowest BCUT2D eigenvalue weighted by Gasteiger charge is -2.30. The van der Waals surface area contributed by atoms with E-state index in [1.54, 1.807) is 19.4 Å². The molecule has 17 heavy (non-hydrogen) atoms. The van der Waals surface area contributed by atoms with Gasteiger partial charge in [0.1, 0.15) is 11.6 Å². The first-order valence-electron chi connectivity index (χ1n) is 5.51. The van der Waals surface area contributed by atoms with E-state index in [0.29, 0.717) is 5.82 Å². The van der Waals surface area contributed by atoms with Crippen LogP contribution in [-0.2, 0) is 0 Å². The average Bonchev–Trinajstić information content (AvgIpc) is 2.42. The highest BCUT2D eigenvalue weighted by Gasteiger charge is 2.15. The number of piperazine rings is 1. The van der Waals surface area contributed by atoms with Gasteiger partial charge in [0.15, 0.2) is 0 Å². The van der Waals surface area contributed by atoms with E-state index in [-0.39, 0.29) is 0 Å². The standard InChI is InChI=1S/C10H16N4O.CH4O/c1-15-9-6-10(11)13-7-8(9)14-4-2-12-3-5-14;1-2/h6-7,12H,2-5H2,1H3,(H2,11,13);2H,1H3. The fourth-order valence-corrected chi connectivity index (χ4v) is 1.75. The van der Waals surface area contributed by atoms with Crippen molar-refractivity contribution in [3.63, 3.8) is 0 Å². The van der Waals surface area contributed by atoms with Crippen LogP contribution in [0.15, 0.2) is 12.3 Å². The Bertz CT molecular complexity index is 340. The van der Waals surface area contributed by atoms with Gasteiger partial charge in [0.2, 0.25) is 0 Å². The highest BCUT2D eigenvalue weighted by atomic mass is 16.5. The minimum Gasteiger partial charge on any atom is -0.494 e. The maximum Gasteiger partial charge on any atom is 0.147 e. The summed E-state index contributed by atoms with van der Waals surface area (Å²) in [5.41, 5.74) is 6.63. The largest absolute Gasteiger partial charge is 0.494 e. The Morgan fingerprint density at radius 1 is 1.41 bits per heavy atom. The maximum atomic E-state index is 7.00. The molecule has 4 N–H and O–H groups in total. The molecule has 0 spiro atoms. The van der Waals surface area contributed by atoms with Crippen LogP contribution in [0.3, 0.4) is 0 Å². The van der Waals surface area contributed by atoms with Crippen LogP contribution in [-0.4, -0.2) is 50.5 Å². The minimum atomic E-state index is 0.491. The lowest BCUT2D eigenvalue weighted by atomic mass is 10.3. The molecule has 0 radical (unpaired) electrons. The molecule has 2 heterocycles. The third-order valence-corrected chi connectivity index (χ3v) is 2.54. The molecule has 1 aliphatic rings. The normalized spacial score (nSPS) is 14.9. The number of aliphatic hydroxyl groups excluding tert-OH is 1. The second-order valence-electron chi connectivity index (χ2n) is 3.52. The summed E-state index contributed by atoms with van der Waals surface area (Å²) in [5, 5.41) is 10.3. The van der Waals surface area contributed by atoms with Crippen molar-refractivity contribution in [1.82, 2.24) is 10.3 Å². The zero-order chi connectivity index (χ0) is 12.7. The number of nitrogens with zero attached hydrogens (tertiary/aromatic N) is 2. The van der Waals surface area contributed by atoms with E-state index in [1.165, 1.54) is 0 Å². The molecule has 0 unspecified atom stereocenters. The van der Waals surface area contributed by atoms with Crippen LogP contribution in [0.2, 0.25) is 0 Å². The van der Waals surface area contributed by atoms with Crippen molar-refractivity contribution in [2.24, 2.45) is 0 Å². The molecule has 0 saturated carbocycles. The molecule has 1 aromatic rings. The Morgan fingerprint density at radius 2 is 2.06 bits per heavy atom. The van der Waals surface area contributed by atoms with Crippen molar-refractivity contribution < 1.29 is 9.84 Å². The molecular weight excluding hydrogens is 220 g/mol. The number of aromatic nitrogens is 1. The smallest absolute Gasteiger partial charge is 0.147 e. The monoisotopic (exact) mass is 240 g/mol. The highest BCUT2D eigenvalue weighted by molar-refractivity contribution is 5.60. The fraction of sp³-hybridized carbons (Fsp3) is 0.545. The fourth-order valence-electron chi connectivity index (χ4n) is 1.75. The van der Waals surface area contributed by atoms with E-state index < -0.39 is 0 Å². The summed E-state index contributed by atoms with van der Waals surface area (Å²) in [4.78, 5) is 6.35. The van der Waals surface area contributed by atoms with Crippen molar-refractivity contribution in [2.75, 3.05) is 51.0 Å². The Labute approximate surface area is 101 Å². The number of nitrogen functional groups attached to an aromatic ring is 1. The van der Waals surface area contributed by atoms with Crippen LogP contribution in [0.4, 0.5) is 11.5 Å². The van der Waals surface area contributed by atoms with Gasteiger partial charge in [-0.2, -0.15) is 0 Å². The lowest BCUT2D eigenvalue weighted by Crippen LogP contribution is -2.43. The van der Waals surface area contributed by atoms with E-state index >= 15 is 0 Å². The van der Waals surface area contributed by atoms with Crippen LogP contribution in [0.5, 0.6) is 5.75 Å². The number of hydrogen-bond acceptors (Lipinski definition) is 6. The molecule has 0 aromatic carbocycles. The zero-order valence-corrected chi connectivity index (χ0v) is 10.3. The van der Waals surface area contributed by atoms with Gasteiger partial charge >= 0.3 is 0 Å². The molecule has 0 amide bonds. The molecule has 1 saturated heterocycles. The Balaban J connectivity index is 0.000000686. The summed E-state index contributed by atoms with van der Waals surface area (Å²) in [7, 11) is 2.65. The van der Waals surface area contributed by atoms with E-state index in [4.69, 9.17) is 15.6 Å². The molecule has 1 aromatic heterocycles. The topological polar surface area (TPSA) is 83.6 Å². The first-order valence-corrected chi connectivity index (χ1v) is 5.51. The molecule has 0 bridgehead atoms. The van der Waals surface area contributed by atoms with E-state index in [9.17, 15) is 0 Å². The first kappa shape index (κ1) is 13.5. The van der Waals surface area contributed by atoms with Gasteiger partial charge in [-0.3, -0.25) is 0 Å². The Morgan fingerprint density at radius 3 is 2.65 bits per heavy atom. The van der Waals surface area contributed by atoms with Crippen molar-refractivity contribution in [2.45, 2.75) is 0 Å². The summed E-state index contributed by atoms with van der Waals surface area (Å²) in [6.07, 6.45) is 1.78. The molecular formula is C11H20N4O2. The van der Waals surface area contributed by atoms with Gasteiger partial charge in [0, 0.05) is 39.4 Å². The number of methoxy groups -OCH3 is 1. The number of hydrogen-bond donors (Lipinski definition) is 3. The molecule has 0 aliphatic carbocycles. The summed E-state index contributed by atoms with van der Waals surface area (Å²) in [6, 6.07) is 1.76. The summed E-state index contributed by atoms with van der Waals surface area (Å²) < 4.78 is 5.30. The lowest BCUT2D eigenvalue weighted by molar-refractivity contribution is 0.399. The van der Waals surface area contributed by atoms with Gasteiger partial charge in [-0.15, -0.1) is 0 Å². The molecule has 96 valence electrons. The summed E-state index contributed by atoms with van der Waals surface area (Å²) in [6.45, 7) is 3.94. The third-order valence-electron chi connectivity index (χ3n) is 2.54. The quantitative estimate of drug-likeness (QED) is 0.658. The second-order valence-corrected chi connectivity index (χ2v) is 3.52. The Hall–Kier alpha value is -1.53. The van der Waals surface area contributed by atoms with E-state index in [2.05, 4.69) is 15.2 Å². The number of nitrogens with two attached hydrogens (primary N) is 1. The van der Waals surface area contributed by atoms with Gasteiger partial charge in [0.25, 0.3) is 0 Å². The number of aliphatic hydroxyl groups is 1. The van der Waals surface area contributed by atoms with Crippen molar-refractivity contribution in [3.05, 3.63) is 12.3 Å². The molecule has 1 aliphatic heterocycles. The van der Waals surface area contributed by atoms with Gasteiger partial charge in [-0.05, 0) is 0 Å². The first-order chi connectivity index (χ1) is 8.31. The van der Waals surface area contributed by atoms with Crippen LogP contribution in [0.25, 0.3) is 0 Å². The zero-order valence-electron chi connectivity index (χ0n) is 10.3. The van der Waals surface area contributed by atoms with Crippen molar-refractivity contribution in [3.8, 4) is 5.75 Å². The molecule has 0 atom stereocenters. The predicted octanol–water partition coefficient (Wildman–Crippen LogP) is -0.309. The molecule has 1 fully saturated rings. The number of nitrogens with one attached hydrogen (secondary N) is 1. The van der Waals surface area contributed by atoms with Crippen LogP contribution in [0, 0.1) is 0 Å². The highest BCUT2D eigenvalue weighted by Crippen LogP contribution is 2.28. The third kappa shape index (κ3) is 3.47. The van der Waals surface area contributed by atoms with Crippen molar-refractivity contribution in [1.29, 1.82) is 0 Å². The number of rotatable bonds is 2. The van der Waals surface area contributed by atoms with Gasteiger partial charge in [0.05, 0.1) is 19.0 Å². The summed E-state index contributed by atoms with van der Waals surface area (Å²) >= 11 is 0. The molecule has 2 rings (SSSR count). The predicted molar refractivity (Wildman–Crippen MR) is 68.4 cm³/mol. The van der Waals surface area contributed by atoms with E-state index in [1.807, 2.05) is 0 Å². The SMILES string of the molecule is CO.COc1cc(N)ncc1N1CCNCC1. The maximum absolute atomic E-state index is 7.00. The number of anilines is 2. The molecule has 6 heteroatoms. The van der Waals surface area contributed by atoms with Crippen LogP contribution < -0.4 is 20.7 Å². The summed E-state index contributed by atoms with van der Waals surface area (Å²) in [5.74, 6) is 1.29. The van der Waals surface area contributed by atoms with Gasteiger partial charge in [-0.25, -0.2) is 4.98 Å². The van der Waals surface area contributed by atoms with Crippen LogP contribution in [0.1, 0.15) is 0 Å². The van der Waals surface area contributed by atoms with Gasteiger partial charge < -0.3 is 25.8 Å². The molecule has 6 nitrogen and oxygen atoms in total. The number of pyridine rings is 1. The minimum absolute atomic E-state index is 0.491. The second kappa shape index (κ2) is 6.93. The number of ether oxygens (including phenoxy) is 1. The average molecular weight is 240 g/mol. The Kier molecular flexibility index (Phi) is 5.51. The van der Waals surface area contributed by atoms with Gasteiger partial charge in [-0.1, -0.05) is 0 Å². The van der Waals surface area contributed by atoms with E-state index in [0.717, 1.165) is 44.7 Å².